The van der Waals surface area contributed by atoms with E-state index in [4.69, 9.17) is 23.7 Å². The van der Waals surface area contributed by atoms with E-state index in [0.717, 1.165) is 12.8 Å². The summed E-state index contributed by atoms with van der Waals surface area (Å²) in [6.45, 7) is 11.6. The number of hydrogen-bond donors (Lipinski definition) is 0. The van der Waals surface area contributed by atoms with Crippen LogP contribution in [0.25, 0.3) is 0 Å². The minimum absolute atomic E-state index is 0.421. The lowest BCUT2D eigenvalue weighted by Gasteiger charge is -2.55. The van der Waals surface area contributed by atoms with Crippen LogP contribution in [0.5, 0.6) is 0 Å². The van der Waals surface area contributed by atoms with Crippen LogP contribution in [0.2, 0.25) is 0 Å². The molecule has 2 heterocycles. The summed E-state index contributed by atoms with van der Waals surface area (Å²) in [5, 5.41) is 0. The third kappa shape index (κ3) is 6.34. The van der Waals surface area contributed by atoms with Gasteiger partial charge in [0.25, 0.3) is 0 Å². The topological polar surface area (TPSA) is 114 Å². The maximum atomic E-state index is 12.6. The molecule has 0 aromatic rings. The second kappa shape index (κ2) is 11.1. The summed E-state index contributed by atoms with van der Waals surface area (Å²) in [6.07, 6.45) is 1.76. The number of esters is 4. The molecule has 0 aromatic carbocycles. The predicted molar refractivity (Wildman–Crippen MR) is 117 cm³/mol. The fourth-order valence-corrected chi connectivity index (χ4v) is 4.74. The number of unbranched alkanes of at least 4 members (excludes halogenated alkanes) is 1. The zero-order valence-electron chi connectivity index (χ0n) is 20.5. The van der Waals surface area contributed by atoms with Crippen molar-refractivity contribution in [3.8, 4) is 0 Å². The van der Waals surface area contributed by atoms with Gasteiger partial charge in [0.1, 0.15) is 30.0 Å². The number of carbonyl (C=O) groups is 4. The fraction of sp³-hybridized carbons (Fsp3) is 0.750. The van der Waals surface area contributed by atoms with E-state index in [0.29, 0.717) is 6.42 Å². The standard InChI is InChI=1S/C24H36O9/c1-8-9-10-18(29-16(5)25)11-12-19(27)31-20-13(2)21-24(7,33-15(20)4)22(30-17(6)26)14(3)23(28)32-21/h11-15,18,20-22H,8-10H2,1-7H3/b12-11+/t13-,14-,15+,18+,20-,21+,22+,24+/m1/s1. The van der Waals surface area contributed by atoms with Crippen LogP contribution >= 0.6 is 0 Å². The van der Waals surface area contributed by atoms with E-state index in [1.165, 1.54) is 26.0 Å². The van der Waals surface area contributed by atoms with Gasteiger partial charge in [0.05, 0.1) is 12.0 Å². The number of hydrogen-bond acceptors (Lipinski definition) is 9. The van der Waals surface area contributed by atoms with Gasteiger partial charge in [0.2, 0.25) is 0 Å². The van der Waals surface area contributed by atoms with E-state index < -0.39 is 71.8 Å². The van der Waals surface area contributed by atoms with Crippen LogP contribution < -0.4 is 0 Å². The highest BCUT2D eigenvalue weighted by Crippen LogP contribution is 2.45. The van der Waals surface area contributed by atoms with E-state index in [-0.39, 0.29) is 0 Å². The molecule has 0 N–H and O–H groups in total. The molecule has 0 saturated carbocycles. The quantitative estimate of drug-likeness (QED) is 0.301. The summed E-state index contributed by atoms with van der Waals surface area (Å²) in [4.78, 5) is 48.0. The van der Waals surface area contributed by atoms with E-state index in [9.17, 15) is 19.2 Å². The summed E-state index contributed by atoms with van der Waals surface area (Å²) >= 11 is 0. The van der Waals surface area contributed by atoms with Gasteiger partial charge < -0.3 is 23.7 Å². The van der Waals surface area contributed by atoms with Gasteiger partial charge >= 0.3 is 23.9 Å². The highest BCUT2D eigenvalue weighted by molar-refractivity contribution is 5.82. The average Bonchev–Trinajstić information content (AvgIpc) is 2.72. The molecule has 0 aliphatic carbocycles. The zero-order valence-corrected chi connectivity index (χ0v) is 20.5. The molecule has 2 saturated heterocycles. The van der Waals surface area contributed by atoms with Gasteiger partial charge in [-0.1, -0.05) is 20.3 Å². The Morgan fingerprint density at radius 2 is 1.79 bits per heavy atom. The molecule has 0 unspecified atom stereocenters. The van der Waals surface area contributed by atoms with E-state index in [1.807, 2.05) is 6.92 Å². The van der Waals surface area contributed by atoms with Crippen LogP contribution in [0.4, 0.5) is 0 Å². The van der Waals surface area contributed by atoms with Crippen molar-refractivity contribution in [3.63, 3.8) is 0 Å². The third-order valence-corrected chi connectivity index (χ3v) is 6.25. The van der Waals surface area contributed by atoms with Crippen LogP contribution in [-0.2, 0) is 42.9 Å². The van der Waals surface area contributed by atoms with Gasteiger partial charge in [-0.05, 0) is 39.7 Å². The number of carbonyl (C=O) groups excluding carboxylic acids is 4. The Bertz CT molecular complexity index is 776. The van der Waals surface area contributed by atoms with Gasteiger partial charge in [-0.3, -0.25) is 14.4 Å². The molecule has 8 atom stereocenters. The van der Waals surface area contributed by atoms with Gasteiger partial charge in [-0.2, -0.15) is 0 Å². The van der Waals surface area contributed by atoms with Crippen LogP contribution in [0.15, 0.2) is 12.2 Å². The lowest BCUT2D eigenvalue weighted by molar-refractivity contribution is -0.300. The van der Waals surface area contributed by atoms with Gasteiger partial charge in [0.15, 0.2) is 0 Å². The minimum atomic E-state index is -1.09. The van der Waals surface area contributed by atoms with Crippen LogP contribution in [0.3, 0.4) is 0 Å². The fourth-order valence-electron chi connectivity index (χ4n) is 4.74. The first-order valence-corrected chi connectivity index (χ1v) is 11.5. The van der Waals surface area contributed by atoms with Crippen molar-refractivity contribution < 1.29 is 42.9 Å². The third-order valence-electron chi connectivity index (χ3n) is 6.25. The molecule has 33 heavy (non-hydrogen) atoms. The van der Waals surface area contributed by atoms with Crippen LogP contribution in [0.1, 0.15) is 67.7 Å². The van der Waals surface area contributed by atoms with Gasteiger partial charge in [-0.25, -0.2) is 4.79 Å². The molecular weight excluding hydrogens is 432 g/mol. The zero-order chi connectivity index (χ0) is 24.9. The highest BCUT2D eigenvalue weighted by atomic mass is 16.6. The summed E-state index contributed by atoms with van der Waals surface area (Å²) in [6, 6.07) is 0. The average molecular weight is 469 g/mol. The van der Waals surface area contributed by atoms with Crippen molar-refractivity contribution in [1.82, 2.24) is 0 Å². The molecule has 2 rings (SSSR count). The first-order chi connectivity index (χ1) is 15.4. The highest BCUT2D eigenvalue weighted by Gasteiger charge is 2.62. The minimum Gasteiger partial charge on any atom is -0.458 e. The normalized spacial score (nSPS) is 34.7. The van der Waals surface area contributed by atoms with Crippen molar-refractivity contribution in [2.45, 2.75) is 104 Å². The molecule has 2 aliphatic rings. The summed E-state index contributed by atoms with van der Waals surface area (Å²) in [5.74, 6) is -3.18. The van der Waals surface area contributed by atoms with Gasteiger partial charge in [0, 0.05) is 25.8 Å². The largest absolute Gasteiger partial charge is 0.458 e. The molecule has 0 aromatic heterocycles. The smallest absolute Gasteiger partial charge is 0.330 e. The maximum absolute atomic E-state index is 12.6. The SMILES string of the molecule is CCCC[C@@H](/C=C/C(=O)O[C@@H]1[C@@H](C)[C@@H]2OC(=O)[C@H](C)[C@H](OC(C)=O)[C@@]2(C)O[C@H]1C)OC(C)=O. The lowest BCUT2D eigenvalue weighted by Crippen LogP contribution is -2.70. The summed E-state index contributed by atoms with van der Waals surface area (Å²) in [5.41, 5.74) is -1.09. The number of ether oxygens (including phenoxy) is 5. The second-order valence-corrected chi connectivity index (χ2v) is 9.09. The van der Waals surface area contributed by atoms with E-state index >= 15 is 0 Å². The van der Waals surface area contributed by atoms with Crippen molar-refractivity contribution in [3.05, 3.63) is 12.2 Å². The van der Waals surface area contributed by atoms with E-state index in [2.05, 4.69) is 0 Å². The first-order valence-electron chi connectivity index (χ1n) is 11.5. The molecule has 186 valence electrons. The maximum Gasteiger partial charge on any atom is 0.330 e. The van der Waals surface area contributed by atoms with Crippen molar-refractivity contribution in [1.29, 1.82) is 0 Å². The Kier molecular flexibility index (Phi) is 9.05. The molecule has 0 amide bonds. The Hall–Kier alpha value is -2.42. The second-order valence-electron chi connectivity index (χ2n) is 9.09. The Morgan fingerprint density at radius 3 is 2.36 bits per heavy atom. The number of fused-ring (bicyclic) bond motifs is 1. The van der Waals surface area contributed by atoms with Crippen LogP contribution in [-0.4, -0.2) is 60.0 Å². The molecule has 0 radical (unpaired) electrons. The van der Waals surface area contributed by atoms with Crippen molar-refractivity contribution in [2.24, 2.45) is 11.8 Å². The Labute approximate surface area is 195 Å². The Morgan fingerprint density at radius 1 is 1.12 bits per heavy atom. The molecule has 0 spiro atoms. The predicted octanol–water partition coefficient (Wildman–Crippen LogP) is 2.88. The lowest BCUT2D eigenvalue weighted by atomic mass is 9.73. The number of rotatable bonds is 8. The van der Waals surface area contributed by atoms with E-state index in [1.54, 1.807) is 27.7 Å². The molecule has 2 aliphatic heterocycles. The molecule has 9 nitrogen and oxygen atoms in total. The van der Waals surface area contributed by atoms with Crippen LogP contribution in [0, 0.1) is 11.8 Å². The van der Waals surface area contributed by atoms with Gasteiger partial charge in [-0.15, -0.1) is 0 Å². The summed E-state index contributed by atoms with van der Waals surface area (Å²) < 4.78 is 28.2. The Balaban J connectivity index is 2.15. The van der Waals surface area contributed by atoms with Crippen molar-refractivity contribution >= 4 is 23.9 Å². The summed E-state index contributed by atoms with van der Waals surface area (Å²) in [7, 11) is 0. The molecular formula is C24H36O9. The molecule has 2 fully saturated rings. The van der Waals surface area contributed by atoms with Crippen molar-refractivity contribution in [2.75, 3.05) is 0 Å². The monoisotopic (exact) mass is 468 g/mol. The molecule has 9 heteroatoms. The first kappa shape index (κ1) is 26.8. The molecule has 0 bridgehead atoms.